The van der Waals surface area contributed by atoms with Crippen molar-refractivity contribution in [2.45, 2.75) is 46.1 Å². The van der Waals surface area contributed by atoms with Crippen LogP contribution < -0.4 is 14.8 Å². The lowest BCUT2D eigenvalue weighted by Crippen LogP contribution is -2.36. The number of amides is 1. The third kappa shape index (κ3) is 9.23. The summed E-state index contributed by atoms with van der Waals surface area (Å²) in [6.07, 6.45) is 10.2. The lowest BCUT2D eigenvalue weighted by molar-refractivity contribution is -0.671. The highest BCUT2D eigenvalue weighted by molar-refractivity contribution is 7.53. The number of aromatic nitrogens is 1. The van der Waals surface area contributed by atoms with Gasteiger partial charge in [-0.3, -0.25) is 9.36 Å². The highest BCUT2D eigenvalue weighted by Crippen LogP contribution is 2.48. The molecule has 1 aliphatic heterocycles. The lowest BCUT2D eigenvalue weighted by Gasteiger charge is -2.32. The molecule has 2 heterocycles. The summed E-state index contributed by atoms with van der Waals surface area (Å²) in [5, 5.41) is 4.20. The van der Waals surface area contributed by atoms with Crippen LogP contribution in [-0.2, 0) is 31.4 Å². The molecule has 2 aromatic carbocycles. The highest BCUT2D eigenvalue weighted by Gasteiger charge is 2.24. The minimum Gasteiger partial charge on any atom is -0.371 e. The van der Waals surface area contributed by atoms with Crippen LogP contribution in [0.25, 0.3) is 23.1 Å². The first kappa shape index (κ1) is 32.9. The fourth-order valence-corrected chi connectivity index (χ4v) is 7.33. The van der Waals surface area contributed by atoms with Crippen molar-refractivity contribution < 1.29 is 23.0 Å². The van der Waals surface area contributed by atoms with Crippen molar-refractivity contribution in [2.24, 2.45) is 0 Å². The Hall–Kier alpha value is -3.03. The number of anilines is 1. The Labute approximate surface area is 257 Å². The molecule has 1 N–H and O–H groups in total. The van der Waals surface area contributed by atoms with Gasteiger partial charge in [0.2, 0.25) is 11.4 Å². The molecule has 0 aliphatic carbocycles. The molecule has 0 bridgehead atoms. The second-order valence-electron chi connectivity index (χ2n) is 11.2. The molecular weight excluding hydrogens is 559 g/mol. The van der Waals surface area contributed by atoms with Crippen LogP contribution in [0, 0.1) is 0 Å². The Morgan fingerprint density at radius 1 is 1.05 bits per heavy atom. The van der Waals surface area contributed by atoms with Gasteiger partial charge in [-0.2, -0.15) is 4.57 Å². The van der Waals surface area contributed by atoms with Gasteiger partial charge in [0.25, 0.3) is 0 Å². The van der Waals surface area contributed by atoms with Crippen molar-refractivity contribution >= 4 is 42.2 Å². The lowest BCUT2D eigenvalue weighted by atomic mass is 9.95. The zero-order valence-corrected chi connectivity index (χ0v) is 27.2. The number of likely N-dealkylation sites (N-methyl/N-ethyl adjacent to an activating group) is 1. The predicted molar refractivity (Wildman–Crippen MR) is 177 cm³/mol. The summed E-state index contributed by atoms with van der Waals surface area (Å²) in [6.45, 7) is 8.39. The van der Waals surface area contributed by atoms with E-state index in [0.29, 0.717) is 38.8 Å². The Kier molecular flexibility index (Phi) is 12.4. The molecule has 0 unspecified atom stereocenters. The summed E-state index contributed by atoms with van der Waals surface area (Å²) in [5.41, 5.74) is 6.10. The van der Waals surface area contributed by atoms with E-state index in [-0.39, 0.29) is 5.91 Å². The van der Waals surface area contributed by atoms with E-state index in [0.717, 1.165) is 50.1 Å². The second kappa shape index (κ2) is 16.2. The Morgan fingerprint density at radius 2 is 1.81 bits per heavy atom. The fourth-order valence-electron chi connectivity index (χ4n) is 5.68. The molecular formula is C34H48N4O4P+. The van der Waals surface area contributed by atoms with Crippen molar-refractivity contribution in [1.82, 2.24) is 10.2 Å². The third-order valence-electron chi connectivity index (χ3n) is 7.76. The van der Waals surface area contributed by atoms with E-state index in [2.05, 4.69) is 86.6 Å². The summed E-state index contributed by atoms with van der Waals surface area (Å²) in [7, 11) is 0.967. The Morgan fingerprint density at radius 3 is 2.58 bits per heavy atom. The van der Waals surface area contributed by atoms with Crippen molar-refractivity contribution in [1.29, 1.82) is 0 Å². The molecule has 0 fully saturated rings. The van der Waals surface area contributed by atoms with Crippen LogP contribution in [0.5, 0.6) is 0 Å². The number of hydrogen-bond acceptors (Lipinski definition) is 6. The van der Waals surface area contributed by atoms with E-state index in [1.165, 1.54) is 22.2 Å². The Balaban J connectivity index is 1.47. The van der Waals surface area contributed by atoms with Gasteiger partial charge in [-0.1, -0.05) is 36.4 Å². The summed E-state index contributed by atoms with van der Waals surface area (Å²) in [5.74, 6) is 0.107. The van der Waals surface area contributed by atoms with Crippen LogP contribution >= 0.6 is 7.60 Å². The maximum Gasteiger partial charge on any atom is 0.330 e. The van der Waals surface area contributed by atoms with E-state index in [4.69, 9.17) is 9.05 Å². The summed E-state index contributed by atoms with van der Waals surface area (Å²) >= 11 is 0. The maximum atomic E-state index is 12.9. The van der Waals surface area contributed by atoms with E-state index in [1.54, 1.807) is 0 Å². The molecule has 0 spiro atoms. The number of benzene rings is 2. The largest absolute Gasteiger partial charge is 0.371 e. The smallest absolute Gasteiger partial charge is 0.330 e. The molecule has 9 heteroatoms. The Bertz CT molecular complexity index is 1430. The number of nitrogens with one attached hydrogen (secondary N) is 1. The predicted octanol–water partition coefficient (Wildman–Crippen LogP) is 5.77. The summed E-state index contributed by atoms with van der Waals surface area (Å²) in [4.78, 5) is 16.8. The number of pyridine rings is 1. The average molecular weight is 608 g/mol. The quantitative estimate of drug-likeness (QED) is 0.165. The zero-order valence-electron chi connectivity index (χ0n) is 26.3. The SMILES string of the molecule is CCOP(=O)(CCC[n+]1ccc(/C=C/c2cccc3c2CCCN3CCC(=O)NCCN(C)C)c2ccccc21)OCC. The van der Waals surface area contributed by atoms with Gasteiger partial charge in [0.15, 0.2) is 6.20 Å². The van der Waals surface area contributed by atoms with Crippen LogP contribution in [0.15, 0.2) is 54.7 Å². The van der Waals surface area contributed by atoms with E-state index in [9.17, 15) is 9.36 Å². The molecule has 43 heavy (non-hydrogen) atoms. The standard InChI is InChI=1S/C34H47N4O4P/c1-5-41-43(40,42-6-2)27-11-23-38-24-19-29(30-13-7-8-15-32(30)38)18-17-28-12-9-16-33-31(28)14-10-22-37(33)25-20-34(39)35-21-26-36(3)4/h7-9,12-13,15-19,24H,5-6,10-11,14,20-23,25-27H2,1-4H3/p+1/b18-17+. The highest BCUT2D eigenvalue weighted by atomic mass is 31.2. The molecule has 1 aromatic heterocycles. The van der Waals surface area contributed by atoms with Gasteiger partial charge in [-0.25, -0.2) is 0 Å². The van der Waals surface area contributed by atoms with Crippen molar-refractivity contribution in [3.05, 3.63) is 71.4 Å². The van der Waals surface area contributed by atoms with E-state index in [1.807, 2.05) is 27.9 Å². The minimum atomic E-state index is -3.05. The number of rotatable bonds is 16. The van der Waals surface area contributed by atoms with Gasteiger partial charge < -0.3 is 24.2 Å². The number of hydrogen-bond donors (Lipinski definition) is 1. The number of carbonyl (C=O) groups excluding carboxylic acids is 1. The van der Waals surface area contributed by atoms with Crippen LogP contribution in [0.3, 0.4) is 0 Å². The molecule has 0 saturated carbocycles. The van der Waals surface area contributed by atoms with Gasteiger partial charge in [-0.15, -0.1) is 0 Å². The van der Waals surface area contributed by atoms with E-state index >= 15 is 0 Å². The summed E-state index contributed by atoms with van der Waals surface area (Å²) < 4.78 is 26.1. The van der Waals surface area contributed by atoms with Gasteiger partial charge in [0.1, 0.15) is 6.54 Å². The average Bonchev–Trinajstić information content (AvgIpc) is 2.99. The number of aryl methyl sites for hydroxylation is 1. The fraction of sp³-hybridized carbons (Fsp3) is 0.471. The first-order valence-electron chi connectivity index (χ1n) is 15.6. The molecule has 1 amide bonds. The monoisotopic (exact) mass is 607 g/mol. The number of fused-ring (bicyclic) bond motifs is 2. The van der Waals surface area contributed by atoms with Crippen LogP contribution in [0.1, 0.15) is 49.8 Å². The van der Waals surface area contributed by atoms with Gasteiger partial charge >= 0.3 is 7.60 Å². The van der Waals surface area contributed by atoms with Crippen LogP contribution in [-0.4, -0.2) is 70.5 Å². The van der Waals surface area contributed by atoms with Gasteiger partial charge in [-0.05, 0) is 69.6 Å². The van der Waals surface area contributed by atoms with Gasteiger partial charge in [0, 0.05) is 56.8 Å². The van der Waals surface area contributed by atoms with Crippen molar-refractivity contribution in [3.8, 4) is 0 Å². The molecule has 232 valence electrons. The topological polar surface area (TPSA) is 75.0 Å². The third-order valence-corrected chi connectivity index (χ3v) is 9.92. The van der Waals surface area contributed by atoms with Gasteiger partial charge in [0.05, 0.1) is 24.8 Å². The molecule has 0 atom stereocenters. The van der Waals surface area contributed by atoms with Crippen molar-refractivity contribution in [2.75, 3.05) is 64.5 Å². The molecule has 4 rings (SSSR count). The van der Waals surface area contributed by atoms with Crippen molar-refractivity contribution in [3.63, 3.8) is 0 Å². The molecule has 8 nitrogen and oxygen atoms in total. The normalized spacial score (nSPS) is 13.7. The summed E-state index contributed by atoms with van der Waals surface area (Å²) in [6, 6.07) is 17.1. The maximum absolute atomic E-state index is 12.9. The van der Waals surface area contributed by atoms with E-state index < -0.39 is 7.60 Å². The van der Waals surface area contributed by atoms with Crippen LogP contribution in [0.4, 0.5) is 5.69 Å². The molecule has 1 aliphatic rings. The first-order chi connectivity index (χ1) is 20.8. The number of nitrogens with zero attached hydrogens (tertiary/aromatic N) is 3. The first-order valence-corrected chi connectivity index (χ1v) is 17.3. The number of carbonyl (C=O) groups is 1. The van der Waals surface area contributed by atoms with Crippen LogP contribution in [0.2, 0.25) is 0 Å². The zero-order chi connectivity index (χ0) is 30.7. The minimum absolute atomic E-state index is 0.107. The molecule has 0 radical (unpaired) electrons. The second-order valence-corrected chi connectivity index (χ2v) is 13.4. The molecule has 0 saturated heterocycles. The molecule has 3 aromatic rings. The number of para-hydroxylation sites is 1.